The minimum atomic E-state index is 0.286. The van der Waals surface area contributed by atoms with Crippen molar-refractivity contribution in [2.45, 2.75) is 33.2 Å². The standard InChI is InChI=1S/C12H17NO2/c1-8-6-12(10(3)15-8)9(2)13-5-4-11(14)7-13/h6,9H,4-5,7H2,1-3H3. The van der Waals surface area contributed by atoms with Crippen molar-refractivity contribution in [3.8, 4) is 0 Å². The molecule has 1 aromatic heterocycles. The van der Waals surface area contributed by atoms with Gasteiger partial charge < -0.3 is 4.42 Å². The summed E-state index contributed by atoms with van der Waals surface area (Å²) in [4.78, 5) is 13.4. The first-order valence-electron chi connectivity index (χ1n) is 5.40. The maximum Gasteiger partial charge on any atom is 0.148 e. The van der Waals surface area contributed by atoms with E-state index in [0.29, 0.717) is 18.7 Å². The van der Waals surface area contributed by atoms with Crippen molar-refractivity contribution in [2.24, 2.45) is 0 Å². The molecular formula is C12H17NO2. The molecule has 0 aliphatic carbocycles. The lowest BCUT2D eigenvalue weighted by Crippen LogP contribution is -2.24. The summed E-state index contributed by atoms with van der Waals surface area (Å²) >= 11 is 0. The van der Waals surface area contributed by atoms with Gasteiger partial charge in [0.1, 0.15) is 17.3 Å². The first kappa shape index (κ1) is 10.4. The summed E-state index contributed by atoms with van der Waals surface area (Å²) in [6.07, 6.45) is 0.695. The quantitative estimate of drug-likeness (QED) is 0.745. The monoisotopic (exact) mass is 207 g/mol. The lowest BCUT2D eigenvalue weighted by Gasteiger charge is -2.22. The molecular weight excluding hydrogens is 190 g/mol. The zero-order valence-electron chi connectivity index (χ0n) is 9.54. The van der Waals surface area contributed by atoms with Gasteiger partial charge in [-0.15, -0.1) is 0 Å². The predicted octanol–water partition coefficient (Wildman–Crippen LogP) is 2.23. The Hall–Kier alpha value is -1.09. The number of hydrogen-bond donors (Lipinski definition) is 0. The lowest BCUT2D eigenvalue weighted by atomic mass is 10.1. The Morgan fingerprint density at radius 2 is 2.20 bits per heavy atom. The fraction of sp³-hybridized carbons (Fsp3) is 0.583. The Morgan fingerprint density at radius 1 is 1.47 bits per heavy atom. The van der Waals surface area contributed by atoms with Crippen LogP contribution < -0.4 is 0 Å². The number of likely N-dealkylation sites (tertiary alicyclic amines) is 1. The topological polar surface area (TPSA) is 33.5 Å². The second kappa shape index (κ2) is 3.81. The molecule has 0 N–H and O–H groups in total. The van der Waals surface area contributed by atoms with Crippen LogP contribution in [-0.4, -0.2) is 23.8 Å². The molecule has 3 heteroatoms. The second-order valence-electron chi connectivity index (χ2n) is 4.30. The molecule has 0 aromatic carbocycles. The van der Waals surface area contributed by atoms with Gasteiger partial charge in [0.05, 0.1) is 6.54 Å². The number of Topliss-reactive ketones (excluding diaryl/α,β-unsaturated/α-hetero) is 1. The molecule has 0 bridgehead atoms. The smallest absolute Gasteiger partial charge is 0.148 e. The van der Waals surface area contributed by atoms with E-state index < -0.39 is 0 Å². The van der Waals surface area contributed by atoms with Crippen molar-refractivity contribution in [1.82, 2.24) is 4.90 Å². The number of rotatable bonds is 2. The molecule has 3 nitrogen and oxygen atoms in total. The molecule has 1 atom stereocenters. The van der Waals surface area contributed by atoms with E-state index in [4.69, 9.17) is 4.42 Å². The van der Waals surface area contributed by atoms with E-state index in [9.17, 15) is 4.79 Å². The maximum atomic E-state index is 11.2. The van der Waals surface area contributed by atoms with E-state index in [1.54, 1.807) is 0 Å². The molecule has 1 aromatic rings. The van der Waals surface area contributed by atoms with E-state index in [-0.39, 0.29) is 6.04 Å². The largest absolute Gasteiger partial charge is 0.466 e. The van der Waals surface area contributed by atoms with Crippen LogP contribution in [0.25, 0.3) is 0 Å². The average molecular weight is 207 g/mol. The molecule has 2 rings (SSSR count). The first-order valence-corrected chi connectivity index (χ1v) is 5.40. The molecule has 1 aliphatic heterocycles. The molecule has 0 spiro atoms. The van der Waals surface area contributed by atoms with Crippen LogP contribution in [0.5, 0.6) is 0 Å². The van der Waals surface area contributed by atoms with E-state index in [2.05, 4.69) is 17.9 Å². The highest BCUT2D eigenvalue weighted by molar-refractivity contribution is 5.82. The molecule has 1 aliphatic rings. The SMILES string of the molecule is Cc1cc(C(C)N2CCC(=O)C2)c(C)o1. The van der Waals surface area contributed by atoms with Gasteiger partial charge in [-0.1, -0.05) is 0 Å². The van der Waals surface area contributed by atoms with Gasteiger partial charge in [0.25, 0.3) is 0 Å². The number of nitrogens with zero attached hydrogens (tertiary/aromatic N) is 1. The van der Waals surface area contributed by atoms with Gasteiger partial charge >= 0.3 is 0 Å². The van der Waals surface area contributed by atoms with Crippen LogP contribution in [0.1, 0.15) is 36.5 Å². The molecule has 0 amide bonds. The van der Waals surface area contributed by atoms with Crippen molar-refractivity contribution >= 4 is 5.78 Å². The summed E-state index contributed by atoms with van der Waals surface area (Å²) in [6.45, 7) is 7.54. The summed E-state index contributed by atoms with van der Waals surface area (Å²) in [5, 5.41) is 0. The van der Waals surface area contributed by atoms with E-state index >= 15 is 0 Å². The Morgan fingerprint density at radius 3 is 2.67 bits per heavy atom. The Bertz CT molecular complexity index is 381. The number of ketones is 1. The normalized spacial score (nSPS) is 19.8. The van der Waals surface area contributed by atoms with Gasteiger partial charge in [-0.25, -0.2) is 0 Å². The van der Waals surface area contributed by atoms with Gasteiger partial charge in [-0.2, -0.15) is 0 Å². The third kappa shape index (κ3) is 1.97. The number of furan rings is 1. The highest BCUT2D eigenvalue weighted by Gasteiger charge is 2.26. The fourth-order valence-corrected chi connectivity index (χ4v) is 2.25. The molecule has 82 valence electrons. The Labute approximate surface area is 90.1 Å². The third-order valence-electron chi connectivity index (χ3n) is 3.13. The van der Waals surface area contributed by atoms with Crippen LogP contribution in [0.3, 0.4) is 0 Å². The van der Waals surface area contributed by atoms with Crippen molar-refractivity contribution in [2.75, 3.05) is 13.1 Å². The number of aryl methyl sites for hydroxylation is 2. The van der Waals surface area contributed by atoms with Crippen LogP contribution in [0.4, 0.5) is 0 Å². The Kier molecular flexibility index (Phi) is 2.65. The maximum absolute atomic E-state index is 11.2. The predicted molar refractivity (Wildman–Crippen MR) is 57.8 cm³/mol. The van der Waals surface area contributed by atoms with Crippen LogP contribution in [0.15, 0.2) is 10.5 Å². The molecule has 1 unspecified atom stereocenters. The highest BCUT2D eigenvalue weighted by atomic mass is 16.3. The van der Waals surface area contributed by atoms with E-state index in [0.717, 1.165) is 18.1 Å². The second-order valence-corrected chi connectivity index (χ2v) is 4.30. The van der Waals surface area contributed by atoms with Gasteiger partial charge in [-0.05, 0) is 26.8 Å². The van der Waals surface area contributed by atoms with Crippen molar-refractivity contribution in [3.63, 3.8) is 0 Å². The summed E-state index contributed by atoms with van der Waals surface area (Å²) < 4.78 is 5.51. The number of hydrogen-bond acceptors (Lipinski definition) is 3. The number of carbonyl (C=O) groups is 1. The molecule has 15 heavy (non-hydrogen) atoms. The number of carbonyl (C=O) groups excluding carboxylic acids is 1. The molecule has 0 radical (unpaired) electrons. The van der Waals surface area contributed by atoms with E-state index in [1.165, 1.54) is 5.56 Å². The van der Waals surface area contributed by atoms with Crippen LogP contribution in [-0.2, 0) is 4.79 Å². The molecule has 2 heterocycles. The lowest BCUT2D eigenvalue weighted by molar-refractivity contribution is -0.117. The minimum Gasteiger partial charge on any atom is -0.466 e. The zero-order chi connectivity index (χ0) is 11.0. The van der Waals surface area contributed by atoms with Crippen molar-refractivity contribution in [1.29, 1.82) is 0 Å². The summed E-state index contributed by atoms with van der Waals surface area (Å²) in [5.41, 5.74) is 1.21. The summed E-state index contributed by atoms with van der Waals surface area (Å²) in [7, 11) is 0. The molecule has 0 saturated carbocycles. The summed E-state index contributed by atoms with van der Waals surface area (Å²) in [5.74, 6) is 2.26. The van der Waals surface area contributed by atoms with Crippen LogP contribution >= 0.6 is 0 Å². The van der Waals surface area contributed by atoms with Crippen molar-refractivity contribution in [3.05, 3.63) is 23.2 Å². The van der Waals surface area contributed by atoms with Crippen LogP contribution in [0, 0.1) is 13.8 Å². The Balaban J connectivity index is 2.17. The fourth-order valence-electron chi connectivity index (χ4n) is 2.25. The van der Waals surface area contributed by atoms with Gasteiger partial charge in [0.15, 0.2) is 0 Å². The minimum absolute atomic E-state index is 0.286. The first-order chi connectivity index (χ1) is 7.08. The van der Waals surface area contributed by atoms with Crippen molar-refractivity contribution < 1.29 is 9.21 Å². The molecule has 1 saturated heterocycles. The third-order valence-corrected chi connectivity index (χ3v) is 3.13. The highest BCUT2D eigenvalue weighted by Crippen LogP contribution is 2.27. The zero-order valence-corrected chi connectivity index (χ0v) is 9.54. The molecule has 1 fully saturated rings. The van der Waals surface area contributed by atoms with Gasteiger partial charge in [0.2, 0.25) is 0 Å². The van der Waals surface area contributed by atoms with Gasteiger partial charge in [-0.3, -0.25) is 9.69 Å². The van der Waals surface area contributed by atoms with Crippen LogP contribution in [0.2, 0.25) is 0 Å². The average Bonchev–Trinajstić information content (AvgIpc) is 2.71. The van der Waals surface area contributed by atoms with Gasteiger partial charge in [0, 0.05) is 24.6 Å². The summed E-state index contributed by atoms with van der Waals surface area (Å²) in [6, 6.07) is 2.36. The van der Waals surface area contributed by atoms with E-state index in [1.807, 2.05) is 13.8 Å².